The van der Waals surface area contributed by atoms with Gasteiger partial charge in [-0.3, -0.25) is 0 Å². The van der Waals surface area contributed by atoms with Gasteiger partial charge >= 0.3 is 0 Å². The molecule has 0 aromatic carbocycles. The second kappa shape index (κ2) is 4.46. The number of hydrogen-bond acceptors (Lipinski definition) is 2. The van der Waals surface area contributed by atoms with E-state index in [2.05, 4.69) is 26.2 Å². The second-order valence-electron chi connectivity index (χ2n) is 7.42. The molecular weight excluding hydrogens is 240 g/mol. The van der Waals surface area contributed by atoms with Crippen LogP contribution in [0.4, 0.5) is 0 Å². The predicted molar refractivity (Wildman–Crippen MR) is 78.0 cm³/mol. The van der Waals surface area contributed by atoms with E-state index in [0.717, 1.165) is 32.1 Å². The zero-order chi connectivity index (χ0) is 13.6. The molecule has 0 amide bonds. The zero-order valence-electron chi connectivity index (χ0n) is 12.3. The molecule has 0 bridgehead atoms. The summed E-state index contributed by atoms with van der Waals surface area (Å²) in [7, 11) is -1.48. The molecule has 2 fully saturated rings. The van der Waals surface area contributed by atoms with Gasteiger partial charge in [0.05, 0.1) is 11.2 Å². The van der Waals surface area contributed by atoms with Crippen LogP contribution in [0.25, 0.3) is 0 Å². The summed E-state index contributed by atoms with van der Waals surface area (Å²) in [5.74, 6) is 0.966. The Morgan fingerprint density at radius 1 is 1.39 bits per heavy atom. The molecule has 2 rings (SSSR count). The summed E-state index contributed by atoms with van der Waals surface area (Å²) in [6.07, 6.45) is 7.11. The number of allylic oxidation sites excluding steroid dienone is 1. The van der Waals surface area contributed by atoms with Gasteiger partial charge in [-0.25, -0.2) is 0 Å². The van der Waals surface area contributed by atoms with Crippen LogP contribution in [0.1, 0.15) is 39.0 Å². The highest BCUT2D eigenvalue weighted by Crippen LogP contribution is 2.63. The zero-order valence-corrected chi connectivity index (χ0v) is 13.3. The van der Waals surface area contributed by atoms with Crippen LogP contribution in [-0.2, 0) is 4.43 Å². The molecule has 18 heavy (non-hydrogen) atoms. The normalized spacial score (nSPS) is 43.4. The molecule has 4 atom stereocenters. The lowest BCUT2D eigenvalue weighted by Crippen LogP contribution is -2.46. The molecule has 2 aliphatic carbocycles. The molecule has 2 nitrogen and oxygen atoms in total. The Kier molecular flexibility index (Phi) is 3.54. The van der Waals surface area contributed by atoms with Crippen LogP contribution in [-0.4, -0.2) is 24.6 Å². The largest absolute Gasteiger partial charge is 0.412 e. The summed E-state index contributed by atoms with van der Waals surface area (Å²) in [6, 6.07) is 0. The van der Waals surface area contributed by atoms with E-state index < -0.39 is 13.9 Å². The maximum absolute atomic E-state index is 10.6. The van der Waals surface area contributed by atoms with Gasteiger partial charge in [0.1, 0.15) is 0 Å². The summed E-state index contributed by atoms with van der Waals surface area (Å²) in [4.78, 5) is 0. The van der Waals surface area contributed by atoms with E-state index >= 15 is 0 Å². The minimum atomic E-state index is -1.48. The van der Waals surface area contributed by atoms with Crippen molar-refractivity contribution in [1.82, 2.24) is 0 Å². The first kappa shape index (κ1) is 14.3. The molecule has 2 unspecified atom stereocenters. The lowest BCUT2D eigenvalue weighted by Gasteiger charge is -2.42. The molecular formula is C15H28O2Si. The highest BCUT2D eigenvalue weighted by atomic mass is 28.4. The first-order valence-electron chi connectivity index (χ1n) is 7.24. The monoisotopic (exact) mass is 268 g/mol. The second-order valence-corrected chi connectivity index (χ2v) is 11.8. The molecule has 0 radical (unpaired) electrons. The molecule has 2 aliphatic rings. The minimum Gasteiger partial charge on any atom is -0.412 e. The lowest BCUT2D eigenvalue weighted by molar-refractivity contribution is -0.0695. The van der Waals surface area contributed by atoms with E-state index in [9.17, 15) is 5.11 Å². The van der Waals surface area contributed by atoms with Crippen molar-refractivity contribution in [2.75, 3.05) is 0 Å². The average molecular weight is 268 g/mol. The van der Waals surface area contributed by atoms with Gasteiger partial charge in [-0.15, -0.1) is 6.58 Å². The Bertz CT molecular complexity index is 332. The van der Waals surface area contributed by atoms with Crippen molar-refractivity contribution in [1.29, 1.82) is 0 Å². The Hall–Kier alpha value is -0.123. The molecule has 2 saturated carbocycles. The summed E-state index contributed by atoms with van der Waals surface area (Å²) >= 11 is 0. The lowest BCUT2D eigenvalue weighted by atomic mass is 9.73. The van der Waals surface area contributed by atoms with Gasteiger partial charge in [0.15, 0.2) is 8.32 Å². The minimum absolute atomic E-state index is 0.124. The third-order valence-electron chi connectivity index (χ3n) is 4.61. The van der Waals surface area contributed by atoms with Crippen LogP contribution in [0.3, 0.4) is 0 Å². The first-order valence-corrected chi connectivity index (χ1v) is 10.6. The third-order valence-corrected chi connectivity index (χ3v) is 5.63. The quantitative estimate of drug-likeness (QED) is 0.608. The van der Waals surface area contributed by atoms with Crippen LogP contribution < -0.4 is 0 Å². The molecule has 0 aromatic rings. The van der Waals surface area contributed by atoms with Crippen molar-refractivity contribution in [3.63, 3.8) is 0 Å². The van der Waals surface area contributed by atoms with Gasteiger partial charge in [0.2, 0.25) is 0 Å². The Labute approximate surface area is 113 Å². The van der Waals surface area contributed by atoms with Crippen molar-refractivity contribution < 1.29 is 9.53 Å². The first-order chi connectivity index (χ1) is 8.20. The van der Waals surface area contributed by atoms with Crippen LogP contribution in [0, 0.1) is 11.8 Å². The van der Waals surface area contributed by atoms with Crippen molar-refractivity contribution in [3.05, 3.63) is 12.7 Å². The van der Waals surface area contributed by atoms with Crippen LogP contribution in [0.2, 0.25) is 19.6 Å². The summed E-state index contributed by atoms with van der Waals surface area (Å²) in [5.41, 5.74) is -0.380. The fourth-order valence-corrected chi connectivity index (χ4v) is 5.34. The van der Waals surface area contributed by atoms with Crippen molar-refractivity contribution in [2.24, 2.45) is 11.8 Å². The fourth-order valence-electron chi connectivity index (χ4n) is 3.78. The van der Waals surface area contributed by atoms with Gasteiger partial charge in [-0.05, 0) is 70.5 Å². The summed E-state index contributed by atoms with van der Waals surface area (Å²) in [5, 5.41) is 10.6. The van der Waals surface area contributed by atoms with E-state index in [4.69, 9.17) is 4.43 Å². The van der Waals surface area contributed by atoms with Crippen LogP contribution >= 0.6 is 0 Å². The van der Waals surface area contributed by atoms with Gasteiger partial charge < -0.3 is 9.53 Å². The Balaban J connectivity index is 2.08. The van der Waals surface area contributed by atoms with Gasteiger partial charge in [-0.1, -0.05) is 6.08 Å². The molecule has 0 aliphatic heterocycles. The smallest absolute Gasteiger partial charge is 0.184 e. The van der Waals surface area contributed by atoms with Crippen LogP contribution in [0.5, 0.6) is 0 Å². The van der Waals surface area contributed by atoms with E-state index in [1.54, 1.807) is 0 Å². The topological polar surface area (TPSA) is 29.5 Å². The molecule has 104 valence electrons. The van der Waals surface area contributed by atoms with E-state index in [0.29, 0.717) is 11.8 Å². The standard InChI is InChI=1S/C15H28O2Si/c1-6-7-8-12-13-11-15(13,17-18(3,4)5)10-9-14(12,2)16/h6,12-13,16H,1,7-11H2,2-5H3/t12-,13?,14+,15?/m0/s1. The molecule has 0 heterocycles. The number of aliphatic hydroxyl groups is 1. The highest BCUT2D eigenvalue weighted by molar-refractivity contribution is 6.69. The maximum atomic E-state index is 10.6. The summed E-state index contributed by atoms with van der Waals surface area (Å²) in [6.45, 7) is 12.6. The summed E-state index contributed by atoms with van der Waals surface area (Å²) < 4.78 is 6.45. The van der Waals surface area contributed by atoms with Gasteiger partial charge in [0, 0.05) is 0 Å². The van der Waals surface area contributed by atoms with Gasteiger partial charge in [0.25, 0.3) is 0 Å². The molecule has 0 spiro atoms. The average Bonchev–Trinajstić information content (AvgIpc) is 2.88. The molecule has 0 saturated heterocycles. The Morgan fingerprint density at radius 2 is 2.06 bits per heavy atom. The van der Waals surface area contributed by atoms with E-state index in [-0.39, 0.29) is 5.60 Å². The maximum Gasteiger partial charge on any atom is 0.184 e. The highest BCUT2D eigenvalue weighted by Gasteiger charge is 2.65. The fraction of sp³-hybridized carbons (Fsp3) is 0.867. The molecule has 3 heteroatoms. The molecule has 1 N–H and O–H groups in total. The predicted octanol–water partition coefficient (Wildman–Crippen LogP) is 3.72. The third kappa shape index (κ3) is 2.73. The number of rotatable bonds is 5. The van der Waals surface area contributed by atoms with E-state index in [1.807, 2.05) is 13.0 Å². The Morgan fingerprint density at radius 3 is 2.61 bits per heavy atom. The van der Waals surface area contributed by atoms with Gasteiger partial charge in [-0.2, -0.15) is 0 Å². The molecule has 0 aromatic heterocycles. The van der Waals surface area contributed by atoms with Crippen molar-refractivity contribution in [3.8, 4) is 0 Å². The van der Waals surface area contributed by atoms with E-state index in [1.165, 1.54) is 0 Å². The number of fused-ring (bicyclic) bond motifs is 1. The van der Waals surface area contributed by atoms with Crippen molar-refractivity contribution >= 4 is 8.32 Å². The SMILES string of the molecule is C=CCC[C@H]1C2CC2(O[Si](C)(C)C)CC[C@@]1(C)O. The van der Waals surface area contributed by atoms with Crippen molar-refractivity contribution in [2.45, 2.75) is 69.9 Å². The number of hydrogen-bond donors (Lipinski definition) is 1. The van der Waals surface area contributed by atoms with Crippen LogP contribution in [0.15, 0.2) is 12.7 Å².